The van der Waals surface area contributed by atoms with Crippen molar-refractivity contribution in [1.82, 2.24) is 9.80 Å². The minimum absolute atomic E-state index is 0.707. The first-order chi connectivity index (χ1) is 4.36. The number of rotatable bonds is 0. The summed E-state index contributed by atoms with van der Waals surface area (Å²) in [5, 5.41) is 0. The molecule has 0 aliphatic carbocycles. The lowest BCUT2D eigenvalue weighted by Crippen LogP contribution is -2.44. The molecule has 1 saturated heterocycles. The first-order valence-corrected chi connectivity index (χ1v) is 3.49. The molecule has 1 atom stereocenters. The van der Waals surface area contributed by atoms with Crippen LogP contribution in [0.3, 0.4) is 0 Å². The van der Waals surface area contributed by atoms with Crippen molar-refractivity contribution in [3.8, 4) is 0 Å². The van der Waals surface area contributed by atoms with Crippen molar-refractivity contribution in [3.05, 3.63) is 12.3 Å². The highest BCUT2D eigenvalue weighted by atomic mass is 15.3. The van der Waals surface area contributed by atoms with Crippen LogP contribution in [-0.4, -0.2) is 42.5 Å². The zero-order chi connectivity index (χ0) is 6.27. The highest BCUT2D eigenvalue weighted by molar-refractivity contribution is 5.05. The van der Waals surface area contributed by atoms with Gasteiger partial charge in [-0.1, -0.05) is 0 Å². The molecule has 0 spiro atoms. The number of nitrogens with zero attached hydrogens (tertiary/aromatic N) is 2. The lowest BCUT2D eigenvalue weighted by atomic mass is 10.2. The van der Waals surface area contributed by atoms with Crippen molar-refractivity contribution in [1.29, 1.82) is 0 Å². The molecule has 0 N–H and O–H groups in total. The van der Waals surface area contributed by atoms with Gasteiger partial charge in [0.25, 0.3) is 0 Å². The molecule has 0 radical (unpaired) electrons. The highest BCUT2D eigenvalue weighted by Crippen LogP contribution is 2.14. The molecule has 0 aromatic heterocycles. The lowest BCUT2D eigenvalue weighted by molar-refractivity contribution is 0.178. The van der Waals surface area contributed by atoms with E-state index in [1.165, 1.54) is 19.6 Å². The Balaban J connectivity index is 2.14. The molecule has 0 aromatic carbocycles. The fraction of sp³-hybridized carbons (Fsp3) is 0.714. The number of hydrogen-bond acceptors (Lipinski definition) is 2. The molecular formula is C7H12N2. The summed E-state index contributed by atoms with van der Waals surface area (Å²) in [4.78, 5) is 4.78. The van der Waals surface area contributed by atoms with Crippen LogP contribution in [0.15, 0.2) is 12.3 Å². The van der Waals surface area contributed by atoms with Gasteiger partial charge >= 0.3 is 0 Å². The average molecular weight is 124 g/mol. The molecule has 2 nitrogen and oxygen atoms in total. The van der Waals surface area contributed by atoms with E-state index < -0.39 is 0 Å². The fourth-order valence-electron chi connectivity index (χ4n) is 1.49. The van der Waals surface area contributed by atoms with Crippen molar-refractivity contribution in [2.24, 2.45) is 0 Å². The largest absolute Gasteiger partial charge is 0.374 e. The molecular weight excluding hydrogens is 112 g/mol. The third kappa shape index (κ3) is 0.741. The van der Waals surface area contributed by atoms with Gasteiger partial charge in [-0.15, -0.1) is 0 Å². The van der Waals surface area contributed by atoms with Crippen LogP contribution in [0.4, 0.5) is 0 Å². The third-order valence-electron chi connectivity index (χ3n) is 2.25. The van der Waals surface area contributed by atoms with E-state index >= 15 is 0 Å². The molecule has 2 heteroatoms. The minimum Gasteiger partial charge on any atom is -0.374 e. The number of piperazine rings is 1. The van der Waals surface area contributed by atoms with Crippen LogP contribution in [-0.2, 0) is 0 Å². The van der Waals surface area contributed by atoms with Gasteiger partial charge in [0.2, 0.25) is 0 Å². The van der Waals surface area contributed by atoms with Crippen LogP contribution in [0, 0.1) is 0 Å². The zero-order valence-electron chi connectivity index (χ0n) is 5.75. The van der Waals surface area contributed by atoms with Gasteiger partial charge in [0.05, 0.1) is 0 Å². The summed E-state index contributed by atoms with van der Waals surface area (Å²) in [7, 11) is 2.19. The Bertz CT molecular complexity index is 142. The summed E-state index contributed by atoms with van der Waals surface area (Å²) < 4.78 is 0. The van der Waals surface area contributed by atoms with Gasteiger partial charge in [0.1, 0.15) is 0 Å². The number of hydrogen-bond donors (Lipinski definition) is 0. The van der Waals surface area contributed by atoms with Gasteiger partial charge in [-0.05, 0) is 19.3 Å². The van der Waals surface area contributed by atoms with Crippen LogP contribution < -0.4 is 0 Å². The maximum Gasteiger partial charge on any atom is 0.0468 e. The predicted octanol–water partition coefficient (Wildman–Crippen LogP) is 0.130. The summed E-state index contributed by atoms with van der Waals surface area (Å²) in [6.45, 7) is 3.65. The fourth-order valence-corrected chi connectivity index (χ4v) is 1.49. The molecule has 9 heavy (non-hydrogen) atoms. The maximum atomic E-state index is 2.40. The maximum absolute atomic E-state index is 2.40. The molecule has 2 rings (SSSR count). The normalized spacial score (nSPS) is 33.9. The second-order valence-electron chi connectivity index (χ2n) is 2.88. The molecule has 2 bridgehead atoms. The van der Waals surface area contributed by atoms with Gasteiger partial charge < -0.3 is 4.90 Å². The van der Waals surface area contributed by atoms with Crippen LogP contribution >= 0.6 is 0 Å². The topological polar surface area (TPSA) is 6.48 Å². The molecule has 1 fully saturated rings. The van der Waals surface area contributed by atoms with Crippen molar-refractivity contribution >= 4 is 0 Å². The molecule has 0 saturated carbocycles. The standard InChI is InChI=1S/C7H12N2/c1-8-4-5-9-3-2-7(8)6-9/h2-3,7H,4-6H2,1H3. The Morgan fingerprint density at radius 2 is 2.33 bits per heavy atom. The van der Waals surface area contributed by atoms with Crippen molar-refractivity contribution in [2.75, 3.05) is 26.7 Å². The quantitative estimate of drug-likeness (QED) is 0.453. The second-order valence-corrected chi connectivity index (χ2v) is 2.88. The monoisotopic (exact) mass is 124 g/mol. The Hall–Kier alpha value is -0.500. The first-order valence-electron chi connectivity index (χ1n) is 3.49. The summed E-state index contributed by atoms with van der Waals surface area (Å²) in [6, 6.07) is 0.707. The summed E-state index contributed by atoms with van der Waals surface area (Å²) in [5.74, 6) is 0. The number of likely N-dealkylation sites (N-methyl/N-ethyl adjacent to an activating group) is 1. The van der Waals surface area contributed by atoms with E-state index in [1.54, 1.807) is 0 Å². The van der Waals surface area contributed by atoms with Gasteiger partial charge in [-0.25, -0.2) is 0 Å². The van der Waals surface area contributed by atoms with Crippen molar-refractivity contribution in [3.63, 3.8) is 0 Å². The van der Waals surface area contributed by atoms with E-state index in [0.717, 1.165) is 0 Å². The van der Waals surface area contributed by atoms with Gasteiger partial charge in [-0.3, -0.25) is 4.90 Å². The van der Waals surface area contributed by atoms with Gasteiger partial charge in [0.15, 0.2) is 0 Å². The average Bonchev–Trinajstić information content (AvgIpc) is 2.25. The predicted molar refractivity (Wildman–Crippen MR) is 37.1 cm³/mol. The summed E-state index contributed by atoms with van der Waals surface area (Å²) in [5.41, 5.74) is 0. The van der Waals surface area contributed by atoms with E-state index in [-0.39, 0.29) is 0 Å². The van der Waals surface area contributed by atoms with E-state index in [0.29, 0.717) is 6.04 Å². The molecule has 50 valence electrons. The van der Waals surface area contributed by atoms with Crippen molar-refractivity contribution in [2.45, 2.75) is 6.04 Å². The van der Waals surface area contributed by atoms with Crippen LogP contribution in [0.5, 0.6) is 0 Å². The summed E-state index contributed by atoms with van der Waals surface area (Å²) >= 11 is 0. The van der Waals surface area contributed by atoms with E-state index in [2.05, 4.69) is 29.1 Å². The summed E-state index contributed by atoms with van der Waals surface area (Å²) in [6.07, 6.45) is 4.50. The van der Waals surface area contributed by atoms with Crippen LogP contribution in [0.25, 0.3) is 0 Å². The van der Waals surface area contributed by atoms with Crippen molar-refractivity contribution < 1.29 is 0 Å². The number of fused-ring (bicyclic) bond motifs is 2. The molecule has 2 aliphatic heterocycles. The SMILES string of the molecule is CN1CCN2C=CC1C2. The molecule has 2 heterocycles. The Kier molecular flexibility index (Phi) is 1.02. The van der Waals surface area contributed by atoms with Gasteiger partial charge in [0, 0.05) is 25.7 Å². The van der Waals surface area contributed by atoms with E-state index in [1.807, 2.05) is 0 Å². The second kappa shape index (κ2) is 1.74. The van der Waals surface area contributed by atoms with Crippen LogP contribution in [0.1, 0.15) is 0 Å². The molecule has 0 aromatic rings. The first kappa shape index (κ1) is 5.30. The highest BCUT2D eigenvalue weighted by Gasteiger charge is 2.24. The van der Waals surface area contributed by atoms with Crippen LogP contribution in [0.2, 0.25) is 0 Å². The van der Waals surface area contributed by atoms with E-state index in [4.69, 9.17) is 0 Å². The Morgan fingerprint density at radius 3 is 3.11 bits per heavy atom. The molecule has 2 aliphatic rings. The Morgan fingerprint density at radius 1 is 1.44 bits per heavy atom. The Labute approximate surface area is 55.7 Å². The lowest BCUT2D eigenvalue weighted by Gasteiger charge is -2.31. The smallest absolute Gasteiger partial charge is 0.0468 e. The molecule has 1 unspecified atom stereocenters. The van der Waals surface area contributed by atoms with E-state index in [9.17, 15) is 0 Å². The zero-order valence-corrected chi connectivity index (χ0v) is 5.75. The van der Waals surface area contributed by atoms with Gasteiger partial charge in [-0.2, -0.15) is 0 Å². The third-order valence-corrected chi connectivity index (χ3v) is 2.25. The molecule has 0 amide bonds. The minimum atomic E-state index is 0.707.